The Morgan fingerprint density at radius 2 is 1.65 bits per heavy atom. The number of hydrogen-bond acceptors (Lipinski definition) is 6. The fourth-order valence-corrected chi connectivity index (χ4v) is 1.69. The van der Waals surface area contributed by atoms with E-state index in [1.807, 2.05) is 0 Å². The lowest BCUT2D eigenvalue weighted by Gasteiger charge is -2.44. The first-order valence-corrected chi connectivity index (χ1v) is 4.67. The van der Waals surface area contributed by atoms with Crippen molar-refractivity contribution >= 4 is 0 Å². The molecule has 6 nitrogen and oxygen atoms in total. The summed E-state index contributed by atoms with van der Waals surface area (Å²) in [5.41, 5.74) is 0. The maximum Gasteiger partial charge on any atom is 0.186 e. The molecule has 1 aliphatic heterocycles. The molecule has 0 aromatic carbocycles. The lowest BCUT2D eigenvalue weighted by molar-refractivity contribution is -0.307. The van der Waals surface area contributed by atoms with Gasteiger partial charge in [0.05, 0.1) is 23.1 Å². The van der Waals surface area contributed by atoms with Crippen molar-refractivity contribution < 1.29 is 44.9 Å². The molecule has 0 aliphatic carbocycles. The summed E-state index contributed by atoms with van der Waals surface area (Å²) in [6.07, 6.45) is -8.49. The summed E-state index contributed by atoms with van der Waals surface area (Å²) in [6, 6.07) is 0. The highest BCUT2D eigenvalue weighted by molar-refractivity contribution is 4.92. The minimum absolute atomic E-state index is 0.765. The van der Waals surface area contributed by atoms with Crippen LogP contribution in [0.5, 0.6) is 0 Å². The van der Waals surface area contributed by atoms with Crippen molar-refractivity contribution in [1.29, 1.82) is 0 Å². The van der Waals surface area contributed by atoms with Crippen molar-refractivity contribution in [2.75, 3.05) is 41.9 Å². The Morgan fingerprint density at radius 3 is 2.29 bits per heavy atom. The van der Waals surface area contributed by atoms with Crippen LogP contribution in [0.2, 0.25) is 0 Å². The molecule has 1 saturated heterocycles. The van der Waals surface area contributed by atoms with Gasteiger partial charge in [-0.25, -0.2) is 0 Å². The smallest absolute Gasteiger partial charge is 0.186 e. The molecule has 0 aromatic heterocycles. The molecule has 0 N–H and O–H groups in total. The normalized spacial score (nSPS) is 51.7. The van der Waals surface area contributed by atoms with Crippen molar-refractivity contribution in [3.8, 4) is 0 Å². The average molecular weight is 262 g/mol. The zero-order valence-electron chi connectivity index (χ0n) is 21.0. The van der Waals surface area contributed by atoms with Gasteiger partial charge in [-0.3, -0.25) is 0 Å². The van der Waals surface area contributed by atoms with Crippen molar-refractivity contribution in [1.82, 2.24) is 0 Å². The van der Waals surface area contributed by atoms with Crippen LogP contribution in [0.15, 0.2) is 0 Å². The highest BCUT2D eigenvalue weighted by Gasteiger charge is 2.47. The molecule has 17 heavy (non-hydrogen) atoms. The molecule has 6 heteroatoms. The molecule has 0 spiro atoms. The molecule has 0 bridgehead atoms. The maximum absolute atomic E-state index is 7.32. The topological polar surface area (TPSA) is 55.4 Å². The fourth-order valence-electron chi connectivity index (χ4n) is 1.69. The minimum atomic E-state index is -3.12. The number of ether oxygens (including phenoxy) is 6. The lowest BCUT2D eigenvalue weighted by Crippen LogP contribution is -2.61. The van der Waals surface area contributed by atoms with Crippen LogP contribution in [0.1, 0.15) is 16.4 Å². The van der Waals surface area contributed by atoms with Gasteiger partial charge in [-0.05, 0) is 0 Å². The van der Waals surface area contributed by atoms with E-state index >= 15 is 0 Å². The Bertz CT molecular complexity index is 514. The van der Waals surface area contributed by atoms with Gasteiger partial charge < -0.3 is 28.4 Å². The first-order valence-electron chi connectivity index (χ1n) is 10.7. The number of hydrogen-bond donors (Lipinski definition) is 0. The predicted molar refractivity (Wildman–Crippen MR) is 59.9 cm³/mol. The van der Waals surface area contributed by atoms with E-state index < -0.39 is 65.5 Å². The SMILES string of the molecule is [2H]C([2H])([2H])OCC1O[C@H](OC)C(OC([2H])([2H])[2H])[C@H](OC([2H])([2H])[2H])[C@@H]1OC([2H])([2H])[2H]. The van der Waals surface area contributed by atoms with E-state index in [0.717, 1.165) is 7.11 Å². The largest absolute Gasteiger partial charge is 0.382 e. The van der Waals surface area contributed by atoms with E-state index in [2.05, 4.69) is 4.74 Å². The zero-order valence-corrected chi connectivity index (χ0v) is 9.04. The second-order valence-corrected chi connectivity index (χ2v) is 3.34. The Morgan fingerprint density at radius 1 is 0.941 bits per heavy atom. The summed E-state index contributed by atoms with van der Waals surface area (Å²) in [4.78, 5) is 0. The van der Waals surface area contributed by atoms with Crippen LogP contribution in [0.25, 0.3) is 0 Å². The Kier molecular flexibility index (Phi) is 2.15. The standard InChI is InChI=1S/C11H22O6/c1-12-6-7-8(13-2)9(14-3)10(15-4)11(16-5)17-7/h7-11H,6H2,1-5H3/t7?,8-,9-,10?,11+/m1/s1/i1D3,2D3,3D3,4D3. The summed E-state index contributed by atoms with van der Waals surface area (Å²) in [5, 5.41) is 0. The Hall–Kier alpha value is -0.240. The second-order valence-electron chi connectivity index (χ2n) is 3.34. The molecule has 5 atom stereocenters. The fraction of sp³-hybridized carbons (Fsp3) is 1.00. The molecule has 0 aromatic rings. The van der Waals surface area contributed by atoms with Crippen molar-refractivity contribution in [2.24, 2.45) is 0 Å². The van der Waals surface area contributed by atoms with Gasteiger partial charge in [0, 0.05) is 35.3 Å². The highest BCUT2D eigenvalue weighted by Crippen LogP contribution is 2.27. The van der Waals surface area contributed by atoms with Crippen LogP contribution in [-0.4, -0.2) is 72.6 Å². The lowest BCUT2D eigenvalue weighted by atomic mass is 9.98. The maximum atomic E-state index is 7.32. The van der Waals surface area contributed by atoms with Gasteiger partial charge in [0.15, 0.2) is 6.29 Å². The van der Waals surface area contributed by atoms with Crippen LogP contribution < -0.4 is 0 Å². The molecular weight excluding hydrogens is 228 g/mol. The molecule has 1 heterocycles. The molecule has 2 unspecified atom stereocenters. The minimum Gasteiger partial charge on any atom is -0.382 e. The van der Waals surface area contributed by atoms with Crippen LogP contribution in [0, 0.1) is 0 Å². The molecule has 1 rings (SSSR count). The van der Waals surface area contributed by atoms with Gasteiger partial charge >= 0.3 is 0 Å². The predicted octanol–water partition coefficient (Wildman–Crippen LogP) is 0.0491. The van der Waals surface area contributed by atoms with Gasteiger partial charge in [0.1, 0.15) is 24.4 Å². The van der Waals surface area contributed by atoms with E-state index in [-0.39, 0.29) is 0 Å². The summed E-state index contributed by atoms with van der Waals surface area (Å²) in [7, 11) is -11.1. The van der Waals surface area contributed by atoms with E-state index in [4.69, 9.17) is 40.1 Å². The van der Waals surface area contributed by atoms with Crippen molar-refractivity contribution in [3.63, 3.8) is 0 Å². The Labute approximate surface area is 119 Å². The molecule has 0 radical (unpaired) electrons. The van der Waals surface area contributed by atoms with Crippen LogP contribution in [-0.2, 0) is 28.4 Å². The van der Waals surface area contributed by atoms with Gasteiger partial charge in [0.25, 0.3) is 0 Å². The van der Waals surface area contributed by atoms with Gasteiger partial charge in [-0.1, -0.05) is 0 Å². The number of rotatable bonds is 6. The second kappa shape index (κ2) is 7.25. The monoisotopic (exact) mass is 262 g/mol. The third-order valence-corrected chi connectivity index (χ3v) is 2.48. The summed E-state index contributed by atoms with van der Waals surface area (Å²) in [6.45, 7) is -0.765. The summed E-state index contributed by atoms with van der Waals surface area (Å²) >= 11 is 0. The van der Waals surface area contributed by atoms with E-state index in [1.54, 1.807) is 0 Å². The van der Waals surface area contributed by atoms with Gasteiger partial charge in [-0.2, -0.15) is 0 Å². The molecule has 102 valence electrons. The van der Waals surface area contributed by atoms with Gasteiger partial charge in [-0.15, -0.1) is 0 Å². The van der Waals surface area contributed by atoms with E-state index in [1.165, 1.54) is 0 Å². The first-order chi connectivity index (χ1) is 12.8. The third kappa shape index (κ3) is 3.15. The molecule has 0 amide bonds. The first kappa shape index (κ1) is 5.03. The van der Waals surface area contributed by atoms with E-state index in [9.17, 15) is 0 Å². The average Bonchev–Trinajstić information content (AvgIpc) is 2.44. The molecule has 1 fully saturated rings. The van der Waals surface area contributed by atoms with E-state index in [0.29, 0.717) is 0 Å². The van der Waals surface area contributed by atoms with Crippen LogP contribution >= 0.6 is 0 Å². The summed E-state index contributed by atoms with van der Waals surface area (Å²) in [5.74, 6) is 0. The highest BCUT2D eigenvalue weighted by atomic mass is 16.7. The summed E-state index contributed by atoms with van der Waals surface area (Å²) < 4.78 is 117. The van der Waals surface area contributed by atoms with Crippen LogP contribution in [0.3, 0.4) is 0 Å². The van der Waals surface area contributed by atoms with Gasteiger partial charge in [0.2, 0.25) is 0 Å². The van der Waals surface area contributed by atoms with Crippen molar-refractivity contribution in [3.05, 3.63) is 0 Å². The van der Waals surface area contributed by atoms with Crippen molar-refractivity contribution in [2.45, 2.75) is 30.7 Å². The zero-order chi connectivity index (χ0) is 22.8. The molecule has 0 saturated carbocycles. The Balaban J connectivity index is 3.34. The quantitative estimate of drug-likeness (QED) is 0.674. The van der Waals surface area contributed by atoms with Crippen LogP contribution in [0.4, 0.5) is 0 Å². The number of methoxy groups -OCH3 is 5. The molecular formula is C11H22O6. The third-order valence-electron chi connectivity index (χ3n) is 2.48. The molecule has 1 aliphatic rings.